The zero-order chi connectivity index (χ0) is 22.4. The Hall–Kier alpha value is -3.59. The molecule has 3 aromatic rings. The maximum absolute atomic E-state index is 12.6. The van der Waals surface area contributed by atoms with E-state index in [1.54, 1.807) is 24.3 Å². The third-order valence-corrected chi connectivity index (χ3v) is 4.83. The number of benzene rings is 3. The molecule has 0 unspecified atom stereocenters. The number of morpholine rings is 1. The maximum atomic E-state index is 12.6. The number of alkyl halides is 3. The molecule has 0 saturated carbocycles. The monoisotopic (exact) mass is 439 g/mol. The number of halogens is 3. The summed E-state index contributed by atoms with van der Waals surface area (Å²) in [6, 6.07) is 19.3. The molecule has 1 saturated heterocycles. The Labute approximate surface area is 183 Å². The van der Waals surface area contributed by atoms with Gasteiger partial charge in [-0.05, 0) is 72.8 Å². The lowest BCUT2D eigenvalue weighted by molar-refractivity contribution is -0.137. The predicted octanol–water partition coefficient (Wildman–Crippen LogP) is 7.37. The molecule has 0 aliphatic carbocycles. The Morgan fingerprint density at radius 2 is 0.969 bits per heavy atom. The molecule has 0 aromatic heterocycles. The van der Waals surface area contributed by atoms with E-state index in [0.717, 1.165) is 49.8 Å². The molecule has 1 fully saturated rings. The lowest BCUT2D eigenvalue weighted by Crippen LogP contribution is -2.36. The van der Waals surface area contributed by atoms with Crippen LogP contribution in [0.1, 0.15) is 5.56 Å². The third-order valence-electron chi connectivity index (χ3n) is 4.83. The topological polar surface area (TPSA) is 61.9 Å². The third kappa shape index (κ3) is 5.76. The molecule has 9 heteroatoms. The smallest absolute Gasteiger partial charge is 0.378 e. The summed E-state index contributed by atoms with van der Waals surface area (Å²) in [6.07, 6.45) is -4.37. The predicted molar refractivity (Wildman–Crippen MR) is 116 cm³/mol. The number of rotatable bonds is 5. The van der Waals surface area contributed by atoms with E-state index in [1.165, 1.54) is 12.1 Å². The molecular formula is C23H20F3N5O. The Bertz CT molecular complexity index is 1070. The van der Waals surface area contributed by atoms with Crippen LogP contribution in [0.4, 0.5) is 41.6 Å². The highest BCUT2D eigenvalue weighted by molar-refractivity contribution is 5.53. The van der Waals surface area contributed by atoms with Gasteiger partial charge >= 0.3 is 6.18 Å². The van der Waals surface area contributed by atoms with Gasteiger partial charge in [0.2, 0.25) is 0 Å². The first kappa shape index (κ1) is 21.6. The fourth-order valence-electron chi connectivity index (χ4n) is 3.09. The van der Waals surface area contributed by atoms with Gasteiger partial charge in [-0.1, -0.05) is 0 Å². The molecule has 0 amide bonds. The second kappa shape index (κ2) is 9.69. The summed E-state index contributed by atoms with van der Waals surface area (Å²) in [5, 5.41) is 16.5. The zero-order valence-electron chi connectivity index (χ0n) is 17.0. The molecule has 1 aliphatic heterocycles. The molecule has 3 aromatic carbocycles. The first-order chi connectivity index (χ1) is 15.5. The SMILES string of the molecule is FC(F)(F)c1ccc(N=Nc2ccc(N=Nc3ccc(N4CCOCC4)cc3)cc2)cc1. The van der Waals surface area contributed by atoms with Crippen LogP contribution in [0.3, 0.4) is 0 Å². The van der Waals surface area contributed by atoms with E-state index in [2.05, 4.69) is 25.4 Å². The number of hydrogen-bond acceptors (Lipinski definition) is 6. The van der Waals surface area contributed by atoms with Gasteiger partial charge in [0.05, 0.1) is 41.5 Å². The minimum absolute atomic E-state index is 0.335. The van der Waals surface area contributed by atoms with Crippen LogP contribution < -0.4 is 4.90 Å². The summed E-state index contributed by atoms with van der Waals surface area (Å²) < 4.78 is 43.2. The molecule has 0 radical (unpaired) electrons. The summed E-state index contributed by atoms with van der Waals surface area (Å²) >= 11 is 0. The van der Waals surface area contributed by atoms with Crippen LogP contribution in [0.15, 0.2) is 93.3 Å². The molecule has 1 heterocycles. The summed E-state index contributed by atoms with van der Waals surface area (Å²) in [5.74, 6) is 0. The average Bonchev–Trinajstić information content (AvgIpc) is 2.83. The van der Waals surface area contributed by atoms with Crippen molar-refractivity contribution >= 4 is 28.4 Å². The maximum Gasteiger partial charge on any atom is 0.416 e. The van der Waals surface area contributed by atoms with Crippen molar-refractivity contribution in [3.05, 3.63) is 78.4 Å². The lowest BCUT2D eigenvalue weighted by atomic mass is 10.2. The second-order valence-corrected chi connectivity index (χ2v) is 7.08. The van der Waals surface area contributed by atoms with Gasteiger partial charge in [0.25, 0.3) is 0 Å². The van der Waals surface area contributed by atoms with Gasteiger partial charge in [-0.3, -0.25) is 0 Å². The van der Waals surface area contributed by atoms with Gasteiger partial charge in [-0.15, -0.1) is 0 Å². The van der Waals surface area contributed by atoms with Crippen LogP contribution in [0, 0.1) is 0 Å². The number of ether oxygens (including phenoxy) is 1. The van der Waals surface area contributed by atoms with Gasteiger partial charge in [-0.25, -0.2) is 0 Å². The van der Waals surface area contributed by atoms with Crippen LogP contribution in [0.5, 0.6) is 0 Å². The quantitative estimate of drug-likeness (QED) is 0.390. The fraction of sp³-hybridized carbons (Fsp3) is 0.217. The largest absolute Gasteiger partial charge is 0.416 e. The van der Waals surface area contributed by atoms with Crippen molar-refractivity contribution in [1.82, 2.24) is 0 Å². The first-order valence-corrected chi connectivity index (χ1v) is 10.0. The van der Waals surface area contributed by atoms with E-state index in [1.807, 2.05) is 24.3 Å². The van der Waals surface area contributed by atoms with E-state index in [9.17, 15) is 13.2 Å². The van der Waals surface area contributed by atoms with Gasteiger partial charge in [0, 0.05) is 18.8 Å². The fourth-order valence-corrected chi connectivity index (χ4v) is 3.09. The Morgan fingerprint density at radius 1 is 0.594 bits per heavy atom. The van der Waals surface area contributed by atoms with Crippen LogP contribution in [0.25, 0.3) is 0 Å². The molecule has 1 aliphatic rings. The molecule has 4 rings (SSSR count). The second-order valence-electron chi connectivity index (χ2n) is 7.08. The molecular weight excluding hydrogens is 419 g/mol. The summed E-state index contributed by atoms with van der Waals surface area (Å²) in [7, 11) is 0. The number of anilines is 1. The molecule has 0 bridgehead atoms. The lowest BCUT2D eigenvalue weighted by Gasteiger charge is -2.28. The van der Waals surface area contributed by atoms with E-state index in [-0.39, 0.29) is 0 Å². The van der Waals surface area contributed by atoms with Crippen molar-refractivity contribution in [2.75, 3.05) is 31.2 Å². The van der Waals surface area contributed by atoms with Crippen molar-refractivity contribution in [1.29, 1.82) is 0 Å². The molecule has 0 N–H and O–H groups in total. The summed E-state index contributed by atoms with van der Waals surface area (Å²) in [6.45, 7) is 3.23. The van der Waals surface area contributed by atoms with Crippen molar-refractivity contribution in [3.8, 4) is 0 Å². The minimum Gasteiger partial charge on any atom is -0.378 e. The Balaban J connectivity index is 1.35. The molecule has 0 spiro atoms. The van der Waals surface area contributed by atoms with Crippen molar-refractivity contribution < 1.29 is 17.9 Å². The van der Waals surface area contributed by atoms with Crippen molar-refractivity contribution in [2.24, 2.45) is 20.5 Å². The van der Waals surface area contributed by atoms with Crippen LogP contribution in [0.2, 0.25) is 0 Å². The van der Waals surface area contributed by atoms with E-state index in [4.69, 9.17) is 4.74 Å². The van der Waals surface area contributed by atoms with E-state index in [0.29, 0.717) is 17.1 Å². The van der Waals surface area contributed by atoms with Crippen LogP contribution in [-0.4, -0.2) is 26.3 Å². The van der Waals surface area contributed by atoms with Gasteiger partial charge in [-0.2, -0.15) is 33.6 Å². The summed E-state index contributed by atoms with van der Waals surface area (Å²) in [5.41, 5.74) is 2.70. The van der Waals surface area contributed by atoms with Crippen molar-refractivity contribution in [3.63, 3.8) is 0 Å². The van der Waals surface area contributed by atoms with E-state index >= 15 is 0 Å². The van der Waals surface area contributed by atoms with Gasteiger partial charge in [0.1, 0.15) is 0 Å². The highest BCUT2D eigenvalue weighted by Gasteiger charge is 2.29. The van der Waals surface area contributed by atoms with Gasteiger partial charge < -0.3 is 9.64 Å². The van der Waals surface area contributed by atoms with Crippen molar-refractivity contribution in [2.45, 2.75) is 6.18 Å². The molecule has 0 atom stereocenters. The molecule has 6 nitrogen and oxygen atoms in total. The highest BCUT2D eigenvalue weighted by Crippen LogP contribution is 2.31. The molecule has 32 heavy (non-hydrogen) atoms. The molecule has 164 valence electrons. The minimum atomic E-state index is -4.37. The normalized spacial score (nSPS) is 15.0. The van der Waals surface area contributed by atoms with E-state index < -0.39 is 11.7 Å². The average molecular weight is 439 g/mol. The number of azo groups is 2. The zero-order valence-corrected chi connectivity index (χ0v) is 17.0. The number of hydrogen-bond donors (Lipinski definition) is 0. The number of nitrogens with zero attached hydrogens (tertiary/aromatic N) is 5. The van der Waals surface area contributed by atoms with Gasteiger partial charge in [0.15, 0.2) is 0 Å². The Morgan fingerprint density at radius 3 is 1.38 bits per heavy atom. The highest BCUT2D eigenvalue weighted by atomic mass is 19.4. The van der Waals surface area contributed by atoms with Crippen LogP contribution in [-0.2, 0) is 10.9 Å². The Kier molecular flexibility index (Phi) is 6.55. The standard InChI is InChI=1S/C23H20F3N5O/c24-23(25,26)17-1-3-18(4-2-17)27-28-19-5-7-20(8-6-19)29-30-21-9-11-22(12-10-21)31-13-15-32-16-14-31/h1-12H,13-16H2. The van der Waals surface area contributed by atoms with Crippen LogP contribution >= 0.6 is 0 Å². The summed E-state index contributed by atoms with van der Waals surface area (Å²) in [4.78, 5) is 2.27. The first-order valence-electron chi connectivity index (χ1n) is 10.0.